The molecule has 0 saturated carbocycles. The third kappa shape index (κ3) is 3.85. The summed E-state index contributed by atoms with van der Waals surface area (Å²) in [5.74, 6) is -1.58. The molecule has 3 atom stereocenters. The highest BCUT2D eigenvalue weighted by atomic mass is 79.9. The lowest BCUT2D eigenvalue weighted by Gasteiger charge is -2.32. The van der Waals surface area contributed by atoms with Gasteiger partial charge in [0.05, 0.1) is 52.1 Å². The van der Waals surface area contributed by atoms with Crippen LogP contribution in [0.5, 0.6) is 0 Å². The van der Waals surface area contributed by atoms with Crippen molar-refractivity contribution in [2.24, 2.45) is 0 Å². The molecule has 39 heavy (non-hydrogen) atoms. The molecule has 3 aliphatic rings. The molecule has 1 aliphatic carbocycles. The molecule has 2 aliphatic heterocycles. The van der Waals surface area contributed by atoms with Crippen molar-refractivity contribution >= 4 is 38.7 Å². The van der Waals surface area contributed by atoms with Crippen LogP contribution < -0.4 is 10.9 Å². The summed E-state index contributed by atoms with van der Waals surface area (Å²) in [6.45, 7) is 3.28. The first kappa shape index (κ1) is 26.1. The Kier molecular flexibility index (Phi) is 6.16. The lowest BCUT2D eigenvalue weighted by atomic mass is 9.83. The number of hydrogen-bond donors (Lipinski definition) is 3. The minimum Gasteiger partial charge on any atom is -0.458 e. The Balaban J connectivity index is 1.60. The Morgan fingerprint density at radius 2 is 2.10 bits per heavy atom. The molecule has 1 aromatic carbocycles. The molecular formula is C28H27BrFN3O6. The van der Waals surface area contributed by atoms with Crippen LogP contribution >= 0.6 is 15.9 Å². The minimum atomic E-state index is -1.95. The molecule has 0 fully saturated rings. The number of pyridine rings is 2. The molecule has 0 radical (unpaired) electrons. The number of halogens is 2. The molecule has 11 heteroatoms. The third-order valence-corrected chi connectivity index (χ3v) is 8.82. The number of aromatic nitrogens is 2. The van der Waals surface area contributed by atoms with Gasteiger partial charge in [-0.1, -0.05) is 13.3 Å². The van der Waals surface area contributed by atoms with Crippen molar-refractivity contribution in [1.82, 2.24) is 14.9 Å². The van der Waals surface area contributed by atoms with Gasteiger partial charge in [-0.3, -0.25) is 9.59 Å². The second-order valence-corrected chi connectivity index (χ2v) is 11.4. The number of esters is 1. The summed E-state index contributed by atoms with van der Waals surface area (Å²) >= 11 is 3.38. The number of nitrogens with one attached hydrogen (secondary N) is 1. The van der Waals surface area contributed by atoms with Crippen molar-refractivity contribution in [3.63, 3.8) is 0 Å². The van der Waals surface area contributed by atoms with E-state index in [1.54, 1.807) is 6.07 Å². The van der Waals surface area contributed by atoms with Gasteiger partial charge in [0.2, 0.25) is 5.91 Å². The van der Waals surface area contributed by atoms with Gasteiger partial charge in [0, 0.05) is 22.6 Å². The normalized spacial score (nSPS) is 21.7. The number of nitrogens with zero attached hydrogens (tertiary/aromatic N) is 2. The number of aryl methyl sites for hydroxylation is 1. The van der Waals surface area contributed by atoms with Crippen LogP contribution in [0.2, 0.25) is 0 Å². The molecule has 0 saturated heterocycles. The molecule has 2 aromatic heterocycles. The van der Waals surface area contributed by atoms with Crippen LogP contribution in [0.4, 0.5) is 4.39 Å². The first-order chi connectivity index (χ1) is 18.5. The van der Waals surface area contributed by atoms with Gasteiger partial charge in [0.1, 0.15) is 12.4 Å². The maximum atomic E-state index is 14.9. The Hall–Kier alpha value is -3.15. The van der Waals surface area contributed by atoms with E-state index in [9.17, 15) is 29.0 Å². The zero-order chi connectivity index (χ0) is 27.8. The fraction of sp³-hybridized carbons (Fsp3) is 0.429. The zero-order valence-electron chi connectivity index (χ0n) is 21.4. The lowest BCUT2D eigenvalue weighted by Crippen LogP contribution is -2.44. The van der Waals surface area contributed by atoms with E-state index < -0.39 is 35.1 Å². The lowest BCUT2D eigenvalue weighted by molar-refractivity contribution is -0.172. The number of rotatable bonds is 5. The van der Waals surface area contributed by atoms with Crippen LogP contribution in [0.3, 0.4) is 0 Å². The summed E-state index contributed by atoms with van der Waals surface area (Å²) < 4.78 is 22.0. The number of cyclic esters (lactones) is 1. The Bertz CT molecular complexity index is 1650. The predicted molar refractivity (Wildman–Crippen MR) is 142 cm³/mol. The van der Waals surface area contributed by atoms with Crippen LogP contribution in [0, 0.1) is 5.82 Å². The Morgan fingerprint density at radius 1 is 1.33 bits per heavy atom. The van der Waals surface area contributed by atoms with Crippen molar-refractivity contribution in [3.05, 3.63) is 60.6 Å². The molecular weight excluding hydrogens is 573 g/mol. The average molecular weight is 600 g/mol. The number of amides is 1. The standard InChI is InChI=1S/C28H27BrFN3O6/c1-3-6-28(38)16-8-20-25-14(10-33(20)26(36)15(16)11-39-27(28)37)23-18(31-21(35)7-12(2)34)5-4-13-22(23)19(32-25)9-17(30)24(13)29/h8-9,12,18,34,38H,3-7,10-11H2,1-2H3,(H,31,35)/t12-,18+,28+/m1/s1. The quantitative estimate of drug-likeness (QED) is 0.300. The van der Waals surface area contributed by atoms with Gasteiger partial charge in [-0.2, -0.15) is 0 Å². The van der Waals surface area contributed by atoms with Crippen LogP contribution in [0.1, 0.15) is 73.4 Å². The van der Waals surface area contributed by atoms with Crippen molar-refractivity contribution < 1.29 is 28.9 Å². The number of hydrogen-bond acceptors (Lipinski definition) is 7. The maximum absolute atomic E-state index is 14.9. The molecule has 4 heterocycles. The highest BCUT2D eigenvalue weighted by Gasteiger charge is 2.46. The van der Waals surface area contributed by atoms with Crippen LogP contribution in [-0.2, 0) is 39.5 Å². The molecule has 204 valence electrons. The largest absolute Gasteiger partial charge is 0.458 e. The third-order valence-electron chi connectivity index (χ3n) is 7.96. The zero-order valence-corrected chi connectivity index (χ0v) is 23.0. The van der Waals surface area contributed by atoms with Crippen molar-refractivity contribution in [2.75, 3.05) is 0 Å². The van der Waals surface area contributed by atoms with Gasteiger partial charge < -0.3 is 24.8 Å². The number of carbonyl (C=O) groups is 2. The second-order valence-electron chi connectivity index (χ2n) is 10.6. The number of ether oxygens (including phenoxy) is 1. The summed E-state index contributed by atoms with van der Waals surface area (Å²) in [6, 6.07) is 2.52. The van der Waals surface area contributed by atoms with E-state index in [1.807, 2.05) is 6.92 Å². The second kappa shape index (κ2) is 9.21. The fourth-order valence-electron chi connectivity index (χ4n) is 6.28. The minimum absolute atomic E-state index is 0.0661. The number of carbonyl (C=O) groups excluding carboxylic acids is 2. The Labute approximate surface area is 231 Å². The monoisotopic (exact) mass is 599 g/mol. The van der Waals surface area contributed by atoms with E-state index in [1.165, 1.54) is 17.6 Å². The van der Waals surface area contributed by atoms with Gasteiger partial charge in [-0.15, -0.1) is 0 Å². The van der Waals surface area contributed by atoms with E-state index in [0.717, 1.165) is 22.1 Å². The number of aliphatic hydroxyl groups is 2. The Morgan fingerprint density at radius 3 is 2.82 bits per heavy atom. The average Bonchev–Trinajstić information content (AvgIpc) is 3.24. The summed E-state index contributed by atoms with van der Waals surface area (Å²) in [6.07, 6.45) is 0.680. The molecule has 9 nitrogen and oxygen atoms in total. The van der Waals surface area contributed by atoms with Gasteiger partial charge in [-0.25, -0.2) is 14.2 Å². The van der Waals surface area contributed by atoms with Crippen molar-refractivity contribution in [2.45, 2.75) is 76.9 Å². The van der Waals surface area contributed by atoms with Gasteiger partial charge >= 0.3 is 5.97 Å². The van der Waals surface area contributed by atoms with Crippen LogP contribution in [0.25, 0.3) is 22.3 Å². The first-order valence-electron chi connectivity index (χ1n) is 13.0. The van der Waals surface area contributed by atoms with E-state index >= 15 is 0 Å². The molecule has 0 spiro atoms. The first-order valence-corrected chi connectivity index (χ1v) is 13.8. The molecule has 3 N–H and O–H groups in total. The highest BCUT2D eigenvalue weighted by Crippen LogP contribution is 2.46. The predicted octanol–water partition coefficient (Wildman–Crippen LogP) is 3.25. The van der Waals surface area contributed by atoms with E-state index in [-0.39, 0.29) is 43.0 Å². The maximum Gasteiger partial charge on any atom is 0.343 e. The van der Waals surface area contributed by atoms with Gasteiger partial charge in [0.25, 0.3) is 5.56 Å². The van der Waals surface area contributed by atoms with Gasteiger partial charge in [-0.05, 0) is 59.3 Å². The molecule has 6 rings (SSSR count). The van der Waals surface area contributed by atoms with Crippen molar-refractivity contribution in [1.29, 1.82) is 0 Å². The molecule has 0 unspecified atom stereocenters. The van der Waals surface area contributed by atoms with E-state index in [2.05, 4.69) is 21.2 Å². The topological polar surface area (TPSA) is 131 Å². The smallest absolute Gasteiger partial charge is 0.343 e. The summed E-state index contributed by atoms with van der Waals surface area (Å²) in [7, 11) is 0. The van der Waals surface area contributed by atoms with E-state index in [0.29, 0.717) is 40.6 Å². The van der Waals surface area contributed by atoms with Crippen LogP contribution in [0.15, 0.2) is 21.4 Å². The number of fused-ring (bicyclic) bond motifs is 5. The van der Waals surface area contributed by atoms with Crippen molar-refractivity contribution in [3.8, 4) is 11.4 Å². The summed E-state index contributed by atoms with van der Waals surface area (Å²) in [4.78, 5) is 43.8. The number of aliphatic hydroxyl groups excluding tert-OH is 1. The molecule has 3 aromatic rings. The summed E-state index contributed by atoms with van der Waals surface area (Å²) in [5.41, 5.74) is 1.56. The highest BCUT2D eigenvalue weighted by molar-refractivity contribution is 9.10. The molecule has 0 bridgehead atoms. The SMILES string of the molecule is CCC[C@@]1(O)C(=O)OCc2c1cc1n(c2=O)Cc2c-1nc1cc(F)c(Br)c3c1c2[C@@H](NC(=O)C[C@@H](C)O)CC3. The number of benzene rings is 1. The van der Waals surface area contributed by atoms with Crippen LogP contribution in [-0.4, -0.2) is 37.7 Å². The molecule has 1 amide bonds. The van der Waals surface area contributed by atoms with Gasteiger partial charge in [0.15, 0.2) is 5.60 Å². The van der Waals surface area contributed by atoms with E-state index in [4.69, 9.17) is 9.72 Å². The summed E-state index contributed by atoms with van der Waals surface area (Å²) in [5, 5.41) is 24.8. The fourth-order valence-corrected chi connectivity index (χ4v) is 6.79.